The Bertz CT molecular complexity index is 1240. The number of H-pyrrole nitrogens is 1. The van der Waals surface area contributed by atoms with Gasteiger partial charge in [0.15, 0.2) is 0 Å². The summed E-state index contributed by atoms with van der Waals surface area (Å²) in [6, 6.07) is 7.89. The van der Waals surface area contributed by atoms with Gasteiger partial charge in [-0.25, -0.2) is 15.0 Å². The number of rotatable bonds is 3. The van der Waals surface area contributed by atoms with Crippen molar-refractivity contribution < 1.29 is 13.2 Å². The molecule has 2 N–H and O–H groups in total. The molecular formula is C19H15F3N6O. The zero-order chi connectivity index (χ0) is 20.8. The van der Waals surface area contributed by atoms with Crippen LogP contribution in [0.4, 0.5) is 24.8 Å². The molecule has 3 heterocycles. The second kappa shape index (κ2) is 6.73. The smallest absolute Gasteiger partial charge is 0.325 e. The summed E-state index contributed by atoms with van der Waals surface area (Å²) in [6.45, 7) is 3.61. The maximum Gasteiger partial charge on any atom is 0.416 e. The van der Waals surface area contributed by atoms with Crippen molar-refractivity contribution in [2.24, 2.45) is 0 Å². The Labute approximate surface area is 162 Å². The number of anilines is 2. The first kappa shape index (κ1) is 18.7. The number of halogens is 3. The van der Waals surface area contributed by atoms with Crippen LogP contribution < -0.4 is 10.9 Å². The standard InChI is InChI=1S/C19H15F3N6O/c1-10-7-17(25-11(2)24-10)26-16-8-15-14(9-23-16)18(29)27-28(15)13-5-3-12(4-6-13)19(20,21)22/h3-9H,1-2H3,(H,27,29)(H,23,24,25,26). The van der Waals surface area contributed by atoms with E-state index in [0.29, 0.717) is 34.1 Å². The number of fused-ring (bicyclic) bond motifs is 1. The molecule has 1 aromatic carbocycles. The third-order valence-corrected chi connectivity index (χ3v) is 4.26. The van der Waals surface area contributed by atoms with Crippen molar-refractivity contribution in [2.75, 3.05) is 5.32 Å². The lowest BCUT2D eigenvalue weighted by Crippen LogP contribution is -2.06. The Morgan fingerprint density at radius 1 is 1.03 bits per heavy atom. The van der Waals surface area contributed by atoms with Crippen molar-refractivity contribution in [1.82, 2.24) is 24.7 Å². The molecule has 0 spiro atoms. The largest absolute Gasteiger partial charge is 0.416 e. The summed E-state index contributed by atoms with van der Waals surface area (Å²) >= 11 is 0. The Morgan fingerprint density at radius 3 is 2.41 bits per heavy atom. The minimum Gasteiger partial charge on any atom is -0.325 e. The summed E-state index contributed by atoms with van der Waals surface area (Å²) < 4.78 is 39.8. The molecule has 0 radical (unpaired) electrons. The van der Waals surface area contributed by atoms with Crippen LogP contribution in [0.5, 0.6) is 0 Å². The molecule has 3 aromatic heterocycles. The molecule has 0 amide bonds. The molecule has 0 unspecified atom stereocenters. The molecule has 4 aromatic rings. The molecule has 4 rings (SSSR count). The van der Waals surface area contributed by atoms with Gasteiger partial charge < -0.3 is 5.32 Å². The fourth-order valence-corrected chi connectivity index (χ4v) is 3.01. The summed E-state index contributed by atoms with van der Waals surface area (Å²) in [5.74, 6) is 1.56. The van der Waals surface area contributed by atoms with E-state index in [0.717, 1.165) is 17.8 Å². The number of nitrogens with zero attached hydrogens (tertiary/aromatic N) is 4. The average molecular weight is 400 g/mol. The van der Waals surface area contributed by atoms with Crippen LogP contribution in [0.3, 0.4) is 0 Å². The van der Waals surface area contributed by atoms with Crippen molar-refractivity contribution in [3.8, 4) is 5.69 Å². The van der Waals surface area contributed by atoms with Gasteiger partial charge in [-0.1, -0.05) is 0 Å². The minimum atomic E-state index is -4.43. The lowest BCUT2D eigenvalue weighted by molar-refractivity contribution is -0.137. The number of alkyl halides is 3. The number of aromatic amines is 1. The topological polar surface area (TPSA) is 88.5 Å². The van der Waals surface area contributed by atoms with Crippen molar-refractivity contribution in [3.05, 3.63) is 70.0 Å². The molecular weight excluding hydrogens is 385 g/mol. The molecule has 0 saturated heterocycles. The quantitative estimate of drug-likeness (QED) is 0.545. The highest BCUT2D eigenvalue weighted by atomic mass is 19.4. The number of aromatic nitrogens is 5. The van der Waals surface area contributed by atoms with Gasteiger partial charge in [0.05, 0.1) is 22.2 Å². The first-order valence-corrected chi connectivity index (χ1v) is 8.58. The van der Waals surface area contributed by atoms with Crippen molar-refractivity contribution in [1.29, 1.82) is 0 Å². The van der Waals surface area contributed by atoms with E-state index in [1.54, 1.807) is 19.1 Å². The Hall–Kier alpha value is -3.69. The minimum absolute atomic E-state index is 0.311. The van der Waals surface area contributed by atoms with Crippen LogP contribution in [0.25, 0.3) is 16.6 Å². The van der Waals surface area contributed by atoms with Crippen LogP contribution >= 0.6 is 0 Å². The first-order chi connectivity index (χ1) is 13.7. The number of nitrogens with one attached hydrogen (secondary N) is 2. The highest BCUT2D eigenvalue weighted by Gasteiger charge is 2.30. The number of aryl methyl sites for hydroxylation is 2. The molecule has 0 aliphatic rings. The maximum atomic E-state index is 12.8. The van der Waals surface area contributed by atoms with E-state index >= 15 is 0 Å². The third kappa shape index (κ3) is 3.68. The normalized spacial score (nSPS) is 11.8. The van der Waals surface area contributed by atoms with Crippen LogP contribution in [0, 0.1) is 13.8 Å². The molecule has 0 aliphatic carbocycles. The van der Waals surface area contributed by atoms with Gasteiger partial charge in [0.1, 0.15) is 17.5 Å². The summed E-state index contributed by atoms with van der Waals surface area (Å²) in [7, 11) is 0. The zero-order valence-electron chi connectivity index (χ0n) is 15.4. The number of benzene rings is 1. The van der Waals surface area contributed by atoms with Crippen LogP contribution in [-0.2, 0) is 6.18 Å². The van der Waals surface area contributed by atoms with Gasteiger partial charge in [-0.3, -0.25) is 14.6 Å². The van der Waals surface area contributed by atoms with E-state index in [-0.39, 0.29) is 0 Å². The summed E-state index contributed by atoms with van der Waals surface area (Å²) in [6.07, 6.45) is -3.03. The van der Waals surface area contributed by atoms with E-state index in [1.807, 2.05) is 6.92 Å². The van der Waals surface area contributed by atoms with Crippen LogP contribution in [0.15, 0.2) is 47.4 Å². The lowest BCUT2D eigenvalue weighted by Gasteiger charge is -2.10. The molecule has 10 heteroatoms. The molecule has 0 fully saturated rings. The molecule has 0 saturated carbocycles. The molecule has 0 atom stereocenters. The number of pyridine rings is 1. The highest BCUT2D eigenvalue weighted by Crippen LogP contribution is 2.30. The van der Waals surface area contributed by atoms with Gasteiger partial charge in [0.25, 0.3) is 5.56 Å². The van der Waals surface area contributed by atoms with Gasteiger partial charge in [-0.2, -0.15) is 13.2 Å². The number of hydrogen-bond donors (Lipinski definition) is 2. The van der Waals surface area contributed by atoms with Gasteiger partial charge in [0.2, 0.25) is 0 Å². The van der Waals surface area contributed by atoms with E-state index < -0.39 is 17.3 Å². The molecule has 148 valence electrons. The Morgan fingerprint density at radius 2 is 1.76 bits per heavy atom. The third-order valence-electron chi connectivity index (χ3n) is 4.26. The Kier molecular flexibility index (Phi) is 4.33. The molecule has 29 heavy (non-hydrogen) atoms. The van der Waals surface area contributed by atoms with Gasteiger partial charge in [0, 0.05) is 24.0 Å². The van der Waals surface area contributed by atoms with Crippen LogP contribution in [-0.4, -0.2) is 24.7 Å². The van der Waals surface area contributed by atoms with Crippen LogP contribution in [0.1, 0.15) is 17.1 Å². The average Bonchev–Trinajstić information content (AvgIpc) is 2.96. The van der Waals surface area contributed by atoms with Gasteiger partial charge >= 0.3 is 6.18 Å². The SMILES string of the molecule is Cc1cc(Nc2cc3c(cn2)c(=O)[nH]n3-c2ccc(C(F)(F)F)cc2)nc(C)n1. The summed E-state index contributed by atoms with van der Waals surface area (Å²) in [5.41, 5.74) is 0.473. The van der Waals surface area contributed by atoms with Crippen LogP contribution in [0.2, 0.25) is 0 Å². The Balaban J connectivity index is 1.76. The monoisotopic (exact) mass is 400 g/mol. The first-order valence-electron chi connectivity index (χ1n) is 8.58. The second-order valence-electron chi connectivity index (χ2n) is 6.47. The van der Waals surface area contributed by atoms with E-state index in [9.17, 15) is 18.0 Å². The predicted octanol–water partition coefficient (Wildman–Crippen LogP) is 3.88. The second-order valence-corrected chi connectivity index (χ2v) is 6.47. The fraction of sp³-hybridized carbons (Fsp3) is 0.158. The summed E-state index contributed by atoms with van der Waals surface area (Å²) in [4.78, 5) is 24.9. The highest BCUT2D eigenvalue weighted by molar-refractivity contribution is 5.82. The van der Waals surface area contributed by atoms with E-state index in [4.69, 9.17) is 0 Å². The fourth-order valence-electron chi connectivity index (χ4n) is 3.01. The summed E-state index contributed by atoms with van der Waals surface area (Å²) in [5, 5.41) is 5.99. The maximum absolute atomic E-state index is 12.8. The zero-order valence-corrected chi connectivity index (χ0v) is 15.4. The van der Waals surface area contributed by atoms with Crippen molar-refractivity contribution in [2.45, 2.75) is 20.0 Å². The predicted molar refractivity (Wildman–Crippen MR) is 101 cm³/mol. The van der Waals surface area contributed by atoms with E-state index in [1.165, 1.54) is 23.0 Å². The molecule has 7 nitrogen and oxygen atoms in total. The lowest BCUT2D eigenvalue weighted by atomic mass is 10.2. The van der Waals surface area contributed by atoms with E-state index in [2.05, 4.69) is 25.4 Å². The van der Waals surface area contributed by atoms with Gasteiger partial charge in [-0.15, -0.1) is 0 Å². The molecule has 0 bridgehead atoms. The van der Waals surface area contributed by atoms with Crippen molar-refractivity contribution in [3.63, 3.8) is 0 Å². The number of hydrogen-bond acceptors (Lipinski definition) is 5. The molecule has 0 aliphatic heterocycles. The van der Waals surface area contributed by atoms with Gasteiger partial charge in [-0.05, 0) is 38.1 Å². The van der Waals surface area contributed by atoms with Crippen molar-refractivity contribution >= 4 is 22.5 Å².